The summed E-state index contributed by atoms with van der Waals surface area (Å²) in [6, 6.07) is 66.3. The molecule has 0 saturated carbocycles. The van der Waals surface area contributed by atoms with E-state index in [-0.39, 0.29) is 89.7 Å². The summed E-state index contributed by atoms with van der Waals surface area (Å²) in [7, 11) is 0. The van der Waals surface area contributed by atoms with E-state index in [2.05, 4.69) is 182 Å². The quantitative estimate of drug-likeness (QED) is 0.135. The van der Waals surface area contributed by atoms with Crippen molar-refractivity contribution in [2.45, 2.75) is 0 Å². The molecule has 0 aromatic heterocycles. The van der Waals surface area contributed by atoms with Crippen LogP contribution in [-0.2, 0) is 4.74 Å². The molecule has 0 saturated heterocycles. The van der Waals surface area contributed by atoms with Gasteiger partial charge >= 0.3 is 332 Å². The predicted octanol–water partition coefficient (Wildman–Crippen LogP) is 3.52. The van der Waals surface area contributed by atoms with Crippen molar-refractivity contribution in [3.8, 4) is 0 Å². The molecule has 0 N–H and O–H groups in total. The van der Waals surface area contributed by atoms with Gasteiger partial charge < -0.3 is 0 Å². The van der Waals surface area contributed by atoms with E-state index in [1.165, 1.54) is 35.7 Å². The summed E-state index contributed by atoms with van der Waals surface area (Å²) in [4.78, 5) is 0. The Kier molecular flexibility index (Phi) is 15.5. The van der Waals surface area contributed by atoms with Crippen LogP contribution in [0.1, 0.15) is 0 Å². The van der Waals surface area contributed by atoms with Crippen molar-refractivity contribution in [3.63, 3.8) is 0 Å². The minimum atomic E-state index is 0.183. The molecule has 0 fully saturated rings. The average molecular weight is 1030 g/mol. The summed E-state index contributed by atoms with van der Waals surface area (Å²) in [6.45, 7) is 1.34. The zero-order chi connectivity index (χ0) is 33.4. The normalized spacial score (nSPS) is 10.8. The van der Waals surface area contributed by atoms with Gasteiger partial charge in [-0.05, 0) is 0 Å². The average Bonchev–Trinajstić information content (AvgIpc) is 3.16. The monoisotopic (exact) mass is 1030 g/mol. The molecule has 7 heteroatoms. The van der Waals surface area contributed by atoms with E-state index < -0.39 is 0 Å². The standard InChI is InChI=1S/C42H34OSe6/c1-7-19-33(20-8-1)44-39(41(46-35-23-11-3-12-24-35)47-36-25-13-4-14-26-36)31-43-32-40(45-34-21-9-2-10-22-34)42(48-37-27-15-5-16-28-37)49-38-29-17-6-18-30-38/h1-30H,31-32H2. The summed E-state index contributed by atoms with van der Waals surface area (Å²) < 4.78 is 21.7. The van der Waals surface area contributed by atoms with E-state index in [1.807, 2.05) is 0 Å². The molecule has 0 unspecified atom stereocenters. The molecule has 0 spiro atoms. The zero-order valence-electron chi connectivity index (χ0n) is 26.6. The van der Waals surface area contributed by atoms with E-state index in [0.29, 0.717) is 13.2 Å². The Balaban J connectivity index is 1.35. The van der Waals surface area contributed by atoms with Gasteiger partial charge in [-0.3, -0.25) is 0 Å². The second-order valence-electron chi connectivity index (χ2n) is 10.4. The first kappa shape index (κ1) is 36.7. The fraction of sp³-hybridized carbons (Fsp3) is 0.0476. The third kappa shape index (κ3) is 12.6. The molecule has 1 nitrogen and oxygen atoms in total. The van der Waals surface area contributed by atoms with Gasteiger partial charge in [-0.25, -0.2) is 0 Å². The Labute approximate surface area is 328 Å². The number of rotatable bonds is 16. The minimum absolute atomic E-state index is 0.183. The Bertz CT molecular complexity index is 1670. The first-order valence-electron chi connectivity index (χ1n) is 15.7. The van der Waals surface area contributed by atoms with Crippen LogP contribution in [0.2, 0.25) is 0 Å². The molecule has 6 aromatic carbocycles. The van der Waals surface area contributed by atoms with Gasteiger partial charge in [-0.2, -0.15) is 0 Å². The zero-order valence-corrected chi connectivity index (χ0v) is 36.9. The van der Waals surface area contributed by atoms with E-state index in [4.69, 9.17) is 4.74 Å². The summed E-state index contributed by atoms with van der Waals surface area (Å²) >= 11 is 1.30. The van der Waals surface area contributed by atoms with Gasteiger partial charge in [0.1, 0.15) is 0 Å². The van der Waals surface area contributed by atoms with Gasteiger partial charge in [0.2, 0.25) is 0 Å². The Hall–Kier alpha value is -2.12. The number of ether oxygens (including phenoxy) is 1. The Morgan fingerprint density at radius 3 is 0.714 bits per heavy atom. The molecule has 0 atom stereocenters. The maximum absolute atomic E-state index is 6.97. The van der Waals surface area contributed by atoms with Crippen LogP contribution in [0.5, 0.6) is 0 Å². The van der Waals surface area contributed by atoms with Crippen molar-refractivity contribution in [3.05, 3.63) is 198 Å². The van der Waals surface area contributed by atoms with Crippen LogP contribution in [0.4, 0.5) is 0 Å². The van der Waals surface area contributed by atoms with Gasteiger partial charge in [0, 0.05) is 0 Å². The molecule has 6 rings (SSSR count). The molecular weight excluding hydrogens is 994 g/mol. The van der Waals surface area contributed by atoms with Gasteiger partial charge in [0.15, 0.2) is 0 Å². The first-order valence-corrected chi connectivity index (χ1v) is 26.0. The fourth-order valence-electron chi connectivity index (χ4n) is 4.41. The Morgan fingerprint density at radius 2 is 0.490 bits per heavy atom. The maximum atomic E-state index is 6.97. The molecular formula is C42H34OSe6. The topological polar surface area (TPSA) is 9.23 Å². The third-order valence-electron chi connectivity index (χ3n) is 6.71. The van der Waals surface area contributed by atoms with E-state index >= 15 is 0 Å². The van der Waals surface area contributed by atoms with Gasteiger partial charge in [0.25, 0.3) is 0 Å². The summed E-state index contributed by atoms with van der Waals surface area (Å²) in [6.07, 6.45) is 0. The van der Waals surface area contributed by atoms with Crippen LogP contribution < -0.4 is 26.8 Å². The summed E-state index contributed by atoms with van der Waals surface area (Å²) in [5, 5.41) is 0. The molecule has 6 aromatic rings. The van der Waals surface area contributed by atoms with Crippen molar-refractivity contribution in [2.24, 2.45) is 0 Å². The van der Waals surface area contributed by atoms with Crippen molar-refractivity contribution in [1.29, 1.82) is 0 Å². The first-order chi connectivity index (χ1) is 24.3. The third-order valence-corrected chi connectivity index (χ3v) is 25.4. The van der Waals surface area contributed by atoms with Crippen molar-refractivity contribution < 1.29 is 4.74 Å². The SMILES string of the molecule is c1ccc([Se]C(COCC([Se]c2ccccc2)=C([Se]c2ccccc2)[Se]c2ccccc2)=C([Se]c2ccccc2)[Se]c2ccccc2)cc1. The van der Waals surface area contributed by atoms with Crippen molar-refractivity contribution in [2.75, 3.05) is 13.2 Å². The van der Waals surface area contributed by atoms with E-state index in [0.717, 1.165) is 0 Å². The molecule has 49 heavy (non-hydrogen) atoms. The molecule has 0 aliphatic heterocycles. The van der Waals surface area contributed by atoms with Crippen LogP contribution in [-0.4, -0.2) is 103 Å². The van der Waals surface area contributed by atoms with E-state index in [1.54, 1.807) is 6.74 Å². The van der Waals surface area contributed by atoms with Crippen LogP contribution in [0.15, 0.2) is 198 Å². The van der Waals surface area contributed by atoms with Crippen LogP contribution in [0, 0.1) is 0 Å². The summed E-state index contributed by atoms with van der Waals surface area (Å²) in [5.41, 5.74) is 0. The Morgan fingerprint density at radius 1 is 0.286 bits per heavy atom. The molecule has 0 bridgehead atoms. The number of hydrogen-bond acceptors (Lipinski definition) is 1. The van der Waals surface area contributed by atoms with Gasteiger partial charge in [-0.15, -0.1) is 0 Å². The summed E-state index contributed by atoms with van der Waals surface area (Å²) in [5.74, 6) is 0. The fourth-order valence-corrected chi connectivity index (χ4v) is 22.4. The van der Waals surface area contributed by atoms with Crippen LogP contribution in [0.3, 0.4) is 0 Å². The number of hydrogen-bond donors (Lipinski definition) is 0. The predicted molar refractivity (Wildman–Crippen MR) is 216 cm³/mol. The van der Waals surface area contributed by atoms with E-state index in [9.17, 15) is 0 Å². The van der Waals surface area contributed by atoms with Crippen LogP contribution >= 0.6 is 0 Å². The molecule has 0 heterocycles. The molecule has 244 valence electrons. The van der Waals surface area contributed by atoms with Crippen molar-refractivity contribution in [1.82, 2.24) is 0 Å². The number of benzene rings is 6. The molecule has 0 aliphatic rings. The van der Waals surface area contributed by atoms with Crippen molar-refractivity contribution >= 4 is 117 Å². The van der Waals surface area contributed by atoms with Gasteiger partial charge in [-0.1, -0.05) is 0 Å². The molecule has 0 amide bonds. The van der Waals surface area contributed by atoms with Gasteiger partial charge in [0.05, 0.1) is 0 Å². The molecule has 0 radical (unpaired) electrons. The second kappa shape index (κ2) is 20.7. The van der Waals surface area contributed by atoms with Crippen LogP contribution in [0.25, 0.3) is 0 Å². The second-order valence-corrected chi connectivity index (χ2v) is 27.0. The molecule has 0 aliphatic carbocycles.